The molecule has 3 fully saturated rings. The molecule has 4 nitrogen and oxygen atoms in total. The lowest BCUT2D eigenvalue weighted by Crippen LogP contribution is -2.73. The first kappa shape index (κ1) is 14.9. The average molecular weight is 341 g/mol. The van der Waals surface area contributed by atoms with E-state index in [1.165, 1.54) is 18.4 Å². The fraction of sp³-hybridized carbons (Fsp3) is 0.714. The minimum absolute atomic E-state index is 0.223. The Bertz CT molecular complexity index is 745. The lowest BCUT2D eigenvalue weighted by molar-refractivity contribution is -0.173. The van der Waals surface area contributed by atoms with E-state index >= 15 is 0 Å². The minimum Gasteiger partial charge on any atom is -0.504 e. The summed E-state index contributed by atoms with van der Waals surface area (Å²) < 4.78 is 6.11. The number of aromatic hydroxyl groups is 1. The van der Waals surface area contributed by atoms with E-state index in [1.54, 1.807) is 6.07 Å². The summed E-state index contributed by atoms with van der Waals surface area (Å²) in [6.45, 7) is 2.91. The van der Waals surface area contributed by atoms with Gasteiger partial charge in [-0.3, -0.25) is 4.90 Å². The van der Waals surface area contributed by atoms with Gasteiger partial charge in [-0.2, -0.15) is 0 Å². The van der Waals surface area contributed by atoms with Crippen LogP contribution in [-0.2, 0) is 11.8 Å². The number of likely N-dealkylation sites (tertiary alicyclic amines) is 1. The van der Waals surface area contributed by atoms with Crippen molar-refractivity contribution in [3.8, 4) is 11.5 Å². The van der Waals surface area contributed by atoms with Crippen LogP contribution in [-0.4, -0.2) is 46.5 Å². The summed E-state index contributed by atoms with van der Waals surface area (Å²) in [6, 6.07) is 4.11. The van der Waals surface area contributed by atoms with Crippen molar-refractivity contribution in [1.29, 1.82) is 0 Å². The maximum absolute atomic E-state index is 12.1. The fourth-order valence-electron chi connectivity index (χ4n) is 6.63. The number of fused-ring (bicyclic) bond motifs is 1. The lowest BCUT2D eigenvalue weighted by atomic mass is 9.48. The molecule has 0 aromatic heterocycles. The molecule has 0 amide bonds. The highest BCUT2D eigenvalue weighted by atomic mass is 16.5. The zero-order chi connectivity index (χ0) is 16.8. The van der Waals surface area contributed by atoms with E-state index in [0.717, 1.165) is 56.7 Å². The van der Waals surface area contributed by atoms with Crippen LogP contribution in [0.4, 0.5) is 0 Å². The number of nitrogens with zero attached hydrogens (tertiary/aromatic N) is 1. The van der Waals surface area contributed by atoms with Crippen LogP contribution in [0.15, 0.2) is 12.1 Å². The van der Waals surface area contributed by atoms with Gasteiger partial charge < -0.3 is 14.9 Å². The van der Waals surface area contributed by atoms with Gasteiger partial charge in [-0.25, -0.2) is 0 Å². The first-order valence-electron chi connectivity index (χ1n) is 10.1. The first-order chi connectivity index (χ1) is 12.1. The maximum atomic E-state index is 12.1. The van der Waals surface area contributed by atoms with Crippen LogP contribution in [0.25, 0.3) is 0 Å². The number of phenolic OH excluding ortho intramolecular Hbond substituents is 1. The van der Waals surface area contributed by atoms with Gasteiger partial charge in [0.15, 0.2) is 11.5 Å². The topological polar surface area (TPSA) is 52.9 Å². The van der Waals surface area contributed by atoms with Gasteiger partial charge in [-0.15, -0.1) is 0 Å². The summed E-state index contributed by atoms with van der Waals surface area (Å²) in [4.78, 5) is 2.60. The van der Waals surface area contributed by atoms with Crippen LogP contribution in [0.3, 0.4) is 0 Å². The first-order valence-corrected chi connectivity index (χ1v) is 10.1. The van der Waals surface area contributed by atoms with Gasteiger partial charge in [0.2, 0.25) is 0 Å². The third-order valence-corrected chi connectivity index (χ3v) is 7.99. The molecule has 1 spiro atoms. The Morgan fingerprint density at radius 3 is 2.92 bits per heavy atom. The van der Waals surface area contributed by atoms with Crippen molar-refractivity contribution in [3.63, 3.8) is 0 Å². The lowest BCUT2D eigenvalue weighted by Gasteiger charge is -2.64. The normalized spacial score (nSPS) is 41.8. The average Bonchev–Trinajstić information content (AvgIpc) is 3.41. The summed E-state index contributed by atoms with van der Waals surface area (Å²) in [7, 11) is 0. The summed E-state index contributed by atoms with van der Waals surface area (Å²) in [5, 5.41) is 22.6. The maximum Gasteiger partial charge on any atom is 0.165 e. The Labute approximate surface area is 148 Å². The van der Waals surface area contributed by atoms with E-state index in [9.17, 15) is 10.2 Å². The molecule has 3 bridgehead atoms. The molecule has 0 radical (unpaired) electrons. The molecule has 4 heteroatoms. The number of phenols is 1. The van der Waals surface area contributed by atoms with E-state index in [2.05, 4.69) is 11.0 Å². The van der Waals surface area contributed by atoms with E-state index in [1.807, 2.05) is 0 Å². The number of benzene rings is 1. The van der Waals surface area contributed by atoms with Crippen molar-refractivity contribution in [2.75, 3.05) is 19.7 Å². The Morgan fingerprint density at radius 2 is 2.08 bits per heavy atom. The largest absolute Gasteiger partial charge is 0.504 e. The Kier molecular flexibility index (Phi) is 2.80. The zero-order valence-electron chi connectivity index (χ0n) is 14.7. The molecule has 2 aliphatic heterocycles. The summed E-state index contributed by atoms with van der Waals surface area (Å²) in [5.74, 6) is 2.27. The van der Waals surface area contributed by atoms with Crippen LogP contribution in [0.1, 0.15) is 49.7 Å². The highest BCUT2D eigenvalue weighted by molar-refractivity contribution is 5.59. The Morgan fingerprint density at radius 1 is 1.20 bits per heavy atom. The van der Waals surface area contributed by atoms with Gasteiger partial charge in [0.1, 0.15) is 0 Å². The smallest absolute Gasteiger partial charge is 0.165 e. The van der Waals surface area contributed by atoms with E-state index in [4.69, 9.17) is 4.74 Å². The summed E-state index contributed by atoms with van der Waals surface area (Å²) >= 11 is 0. The van der Waals surface area contributed by atoms with Crippen LogP contribution in [0.5, 0.6) is 11.5 Å². The van der Waals surface area contributed by atoms with Gasteiger partial charge in [-0.1, -0.05) is 6.07 Å². The monoisotopic (exact) mass is 341 g/mol. The minimum atomic E-state index is -0.667. The molecule has 5 aliphatic rings. The fourth-order valence-corrected chi connectivity index (χ4v) is 6.63. The van der Waals surface area contributed by atoms with Gasteiger partial charge in [0, 0.05) is 23.6 Å². The molecule has 2 heterocycles. The van der Waals surface area contributed by atoms with Gasteiger partial charge >= 0.3 is 0 Å². The predicted molar refractivity (Wildman–Crippen MR) is 94.0 cm³/mol. The van der Waals surface area contributed by atoms with Crippen LogP contribution >= 0.6 is 0 Å². The van der Waals surface area contributed by atoms with E-state index in [0.29, 0.717) is 18.3 Å². The number of piperidine rings is 1. The molecule has 134 valence electrons. The Hall–Kier alpha value is -1.26. The van der Waals surface area contributed by atoms with Crippen molar-refractivity contribution >= 4 is 0 Å². The number of ether oxygens (including phenoxy) is 1. The highest BCUT2D eigenvalue weighted by Gasteiger charge is 2.66. The third-order valence-electron chi connectivity index (χ3n) is 7.99. The second-order valence-electron chi connectivity index (χ2n) is 9.28. The molecular formula is C21H27NO3. The highest BCUT2D eigenvalue weighted by Crippen LogP contribution is 2.63. The molecule has 2 saturated carbocycles. The molecule has 6 rings (SSSR count). The molecule has 1 aromatic rings. The third kappa shape index (κ3) is 1.80. The number of rotatable bonds is 2. The summed E-state index contributed by atoms with van der Waals surface area (Å²) in [5.41, 5.74) is 1.56. The second-order valence-corrected chi connectivity index (χ2v) is 9.28. The molecule has 3 aliphatic carbocycles. The number of hydrogen-bond acceptors (Lipinski definition) is 4. The summed E-state index contributed by atoms with van der Waals surface area (Å²) in [6.07, 6.45) is 7.53. The second kappa shape index (κ2) is 4.72. The molecule has 1 saturated heterocycles. The van der Waals surface area contributed by atoms with Crippen LogP contribution in [0, 0.1) is 11.8 Å². The standard InChI is InChI=1S/C21H27NO3/c23-16-4-3-15-9-17-21(24)6-5-14-10-20(21,18(15)19(16)25-12-14)7-8-22(17)11-13-1-2-13/h3-4,13-14,17,23-24H,1-2,5-12H2/t14-,17-,20+,21-/m0/s1. The van der Waals surface area contributed by atoms with Gasteiger partial charge in [0.25, 0.3) is 0 Å². The van der Waals surface area contributed by atoms with Crippen LogP contribution < -0.4 is 4.74 Å². The SMILES string of the molecule is Oc1ccc2c3c1OC[C@H]1CC[C@]4(O)[C@H](C2)N(CC2CC2)CC[C@@]34C1. The quantitative estimate of drug-likeness (QED) is 0.868. The van der Waals surface area contributed by atoms with Crippen molar-refractivity contribution in [1.82, 2.24) is 4.90 Å². The van der Waals surface area contributed by atoms with Gasteiger partial charge in [-0.05, 0) is 75.0 Å². The predicted octanol–water partition coefficient (Wildman–Crippen LogP) is 2.59. The molecule has 1 aromatic carbocycles. The van der Waals surface area contributed by atoms with Crippen molar-refractivity contribution in [3.05, 3.63) is 23.3 Å². The molecule has 4 atom stereocenters. The molecule has 2 N–H and O–H groups in total. The van der Waals surface area contributed by atoms with Crippen LogP contribution in [0.2, 0.25) is 0 Å². The van der Waals surface area contributed by atoms with E-state index < -0.39 is 5.60 Å². The van der Waals surface area contributed by atoms with Crippen molar-refractivity contribution in [2.45, 2.75) is 62.0 Å². The zero-order valence-corrected chi connectivity index (χ0v) is 14.7. The number of aliphatic hydroxyl groups is 1. The van der Waals surface area contributed by atoms with E-state index in [-0.39, 0.29) is 17.2 Å². The Balaban J connectivity index is 1.56. The van der Waals surface area contributed by atoms with Crippen molar-refractivity contribution in [2.24, 2.45) is 11.8 Å². The van der Waals surface area contributed by atoms with Gasteiger partial charge in [0.05, 0.1) is 12.2 Å². The van der Waals surface area contributed by atoms with Crippen molar-refractivity contribution < 1.29 is 14.9 Å². The molecule has 0 unspecified atom stereocenters. The molecular weight excluding hydrogens is 314 g/mol. The molecule has 25 heavy (non-hydrogen) atoms. The number of hydrogen-bond donors (Lipinski definition) is 2.